The maximum absolute atomic E-state index is 6.29. The number of nitrogens with zero attached hydrogens (tertiary/aromatic N) is 3. The Labute approximate surface area is 179 Å². The van der Waals surface area contributed by atoms with Crippen molar-refractivity contribution in [2.75, 3.05) is 4.90 Å². The first kappa shape index (κ1) is 19.8. The first-order valence-electron chi connectivity index (χ1n) is 9.29. The number of anilines is 1. The molecule has 0 fully saturated rings. The van der Waals surface area contributed by atoms with E-state index in [1.807, 2.05) is 84.2 Å². The van der Waals surface area contributed by atoms with Crippen LogP contribution in [-0.2, 0) is 0 Å². The molecule has 29 heavy (non-hydrogen) atoms. The molecule has 7 heteroatoms. The molecular weight excluding hydrogens is 400 g/mol. The van der Waals surface area contributed by atoms with E-state index in [0.717, 1.165) is 27.9 Å². The second kappa shape index (κ2) is 8.90. The van der Waals surface area contributed by atoms with E-state index in [2.05, 4.69) is 11.9 Å². The van der Waals surface area contributed by atoms with E-state index in [0.29, 0.717) is 5.75 Å². The summed E-state index contributed by atoms with van der Waals surface area (Å²) in [6, 6.07) is 17.7. The van der Waals surface area contributed by atoms with E-state index in [-0.39, 0.29) is 10.7 Å². The molecule has 148 valence electrons. The summed E-state index contributed by atoms with van der Waals surface area (Å²) < 4.78 is 6.22. The molecule has 0 spiro atoms. The maximum Gasteiger partial charge on any atom is 0.178 e. The van der Waals surface area contributed by atoms with Crippen LogP contribution in [0.4, 0.5) is 5.82 Å². The van der Waals surface area contributed by atoms with E-state index >= 15 is 0 Å². The summed E-state index contributed by atoms with van der Waals surface area (Å²) in [6.45, 7) is 4.16. The summed E-state index contributed by atoms with van der Waals surface area (Å²) in [5.74, 6) is 2.16. The zero-order valence-corrected chi connectivity index (χ0v) is 17.9. The molecule has 2 unspecified atom stereocenters. The van der Waals surface area contributed by atoms with Gasteiger partial charge in [-0.05, 0) is 49.6 Å². The number of hydrogen-bond acceptors (Lipinski definition) is 7. The molecule has 2 N–H and O–H groups in total. The van der Waals surface area contributed by atoms with Gasteiger partial charge < -0.3 is 15.4 Å². The zero-order valence-electron chi connectivity index (χ0n) is 16.2. The minimum absolute atomic E-state index is 0.194. The van der Waals surface area contributed by atoms with Crippen LogP contribution < -0.4 is 15.4 Å². The Bertz CT molecular complexity index is 998. The minimum atomic E-state index is -0.216. The van der Waals surface area contributed by atoms with Crippen LogP contribution >= 0.6 is 23.5 Å². The van der Waals surface area contributed by atoms with E-state index < -0.39 is 0 Å². The molecule has 4 rings (SSSR count). The number of rotatable bonds is 6. The molecule has 1 aromatic carbocycles. The highest BCUT2D eigenvalue weighted by molar-refractivity contribution is 8.03. The van der Waals surface area contributed by atoms with Crippen LogP contribution in [-0.4, -0.2) is 15.5 Å². The fourth-order valence-electron chi connectivity index (χ4n) is 3.01. The van der Waals surface area contributed by atoms with Gasteiger partial charge in [0.2, 0.25) is 0 Å². The summed E-state index contributed by atoms with van der Waals surface area (Å²) in [5, 5.41) is 2.24. The largest absolute Gasteiger partial charge is 0.453 e. The smallest absolute Gasteiger partial charge is 0.178 e. The van der Waals surface area contributed by atoms with Crippen molar-refractivity contribution in [3.8, 4) is 11.5 Å². The highest BCUT2D eigenvalue weighted by atomic mass is 32.2. The number of nitrogens with two attached hydrogens (primary N) is 1. The van der Waals surface area contributed by atoms with Crippen LogP contribution in [0.3, 0.4) is 0 Å². The highest BCUT2D eigenvalue weighted by Gasteiger charge is 2.27. The molecule has 0 radical (unpaired) electrons. The second-order valence-corrected chi connectivity index (χ2v) is 8.98. The molecule has 2 atom stereocenters. The number of thioether (sulfide) groups is 2. The summed E-state index contributed by atoms with van der Waals surface area (Å²) in [5.41, 5.74) is 8.15. The average molecular weight is 423 g/mol. The third-order valence-corrected chi connectivity index (χ3v) is 6.49. The van der Waals surface area contributed by atoms with Gasteiger partial charge in [0, 0.05) is 28.2 Å². The molecule has 0 saturated carbocycles. The van der Waals surface area contributed by atoms with Crippen molar-refractivity contribution >= 4 is 29.3 Å². The molecule has 0 aliphatic carbocycles. The normalized spacial score (nSPS) is 17.1. The molecule has 3 heterocycles. The van der Waals surface area contributed by atoms with Gasteiger partial charge in [0.25, 0.3) is 0 Å². The molecule has 0 amide bonds. The molecule has 2 aromatic heterocycles. The molecule has 3 aromatic rings. The standard InChI is InChI=1S/C22H22N4OS2/c1-15-14-28-22(23)26(15)21-20(27-17-8-4-3-5-9-17)12-18(13-25-21)29-16(2)19-10-6-7-11-24-19/h3-14,16,22H,23H2,1-2H3. The zero-order chi connectivity index (χ0) is 20.2. The molecule has 1 aliphatic heterocycles. The van der Waals surface area contributed by atoms with Crippen LogP contribution in [0.15, 0.2) is 83.0 Å². The van der Waals surface area contributed by atoms with Gasteiger partial charge in [-0.2, -0.15) is 0 Å². The van der Waals surface area contributed by atoms with Gasteiger partial charge in [-0.15, -0.1) is 11.8 Å². The number of hydrogen-bond donors (Lipinski definition) is 1. The lowest BCUT2D eigenvalue weighted by molar-refractivity contribution is 0.478. The highest BCUT2D eigenvalue weighted by Crippen LogP contribution is 2.42. The minimum Gasteiger partial charge on any atom is -0.453 e. The first-order chi connectivity index (χ1) is 14.1. The van der Waals surface area contributed by atoms with Crippen LogP contribution in [0.5, 0.6) is 11.5 Å². The Morgan fingerprint density at radius 3 is 2.62 bits per heavy atom. The average Bonchev–Trinajstić information content (AvgIpc) is 3.08. The van der Waals surface area contributed by atoms with Crippen LogP contribution in [0.2, 0.25) is 0 Å². The third-order valence-electron chi connectivity index (χ3n) is 4.44. The summed E-state index contributed by atoms with van der Waals surface area (Å²) in [6.07, 6.45) is 3.69. The lowest BCUT2D eigenvalue weighted by Gasteiger charge is -2.26. The van der Waals surface area contributed by atoms with Gasteiger partial charge >= 0.3 is 0 Å². The van der Waals surface area contributed by atoms with Crippen molar-refractivity contribution in [3.63, 3.8) is 0 Å². The Kier molecular flexibility index (Phi) is 6.08. The van der Waals surface area contributed by atoms with Crippen molar-refractivity contribution in [2.45, 2.75) is 29.5 Å². The quantitative estimate of drug-likeness (QED) is 0.505. The van der Waals surface area contributed by atoms with Gasteiger partial charge in [-0.25, -0.2) is 4.98 Å². The summed E-state index contributed by atoms with van der Waals surface area (Å²) >= 11 is 3.27. The number of allylic oxidation sites excluding steroid dienone is 1. The lowest BCUT2D eigenvalue weighted by Crippen LogP contribution is -2.35. The molecule has 0 bridgehead atoms. The van der Waals surface area contributed by atoms with E-state index in [1.54, 1.807) is 23.5 Å². The Morgan fingerprint density at radius 2 is 1.93 bits per heavy atom. The van der Waals surface area contributed by atoms with Gasteiger partial charge in [0.15, 0.2) is 11.6 Å². The maximum atomic E-state index is 6.29. The molecular formula is C22H22N4OS2. The number of ether oxygens (including phenoxy) is 1. The van der Waals surface area contributed by atoms with Gasteiger partial charge in [0.1, 0.15) is 11.2 Å². The topological polar surface area (TPSA) is 64.3 Å². The monoisotopic (exact) mass is 422 g/mol. The first-order valence-corrected chi connectivity index (χ1v) is 11.1. The van der Waals surface area contributed by atoms with Gasteiger partial charge in [-0.3, -0.25) is 4.98 Å². The lowest BCUT2D eigenvalue weighted by atomic mass is 10.3. The summed E-state index contributed by atoms with van der Waals surface area (Å²) in [4.78, 5) is 12.2. The van der Waals surface area contributed by atoms with Crippen molar-refractivity contribution in [1.82, 2.24) is 9.97 Å². The summed E-state index contributed by atoms with van der Waals surface area (Å²) in [7, 11) is 0. The predicted molar refractivity (Wildman–Crippen MR) is 121 cm³/mol. The Hall–Kier alpha value is -2.48. The van der Waals surface area contributed by atoms with Crippen molar-refractivity contribution < 1.29 is 4.74 Å². The number of aromatic nitrogens is 2. The molecule has 5 nitrogen and oxygen atoms in total. The Morgan fingerprint density at radius 1 is 1.14 bits per heavy atom. The van der Waals surface area contributed by atoms with Gasteiger partial charge in [-0.1, -0.05) is 36.0 Å². The number of pyridine rings is 2. The van der Waals surface area contributed by atoms with Gasteiger partial charge in [0.05, 0.1) is 5.69 Å². The van der Waals surface area contributed by atoms with E-state index in [1.165, 1.54) is 0 Å². The third kappa shape index (κ3) is 4.58. The fourth-order valence-corrected chi connectivity index (χ4v) is 4.81. The van der Waals surface area contributed by atoms with E-state index in [9.17, 15) is 0 Å². The van der Waals surface area contributed by atoms with Crippen molar-refractivity contribution in [2.24, 2.45) is 5.73 Å². The predicted octanol–water partition coefficient (Wildman–Crippen LogP) is 5.78. The van der Waals surface area contributed by atoms with Crippen LogP contribution in [0.1, 0.15) is 24.8 Å². The van der Waals surface area contributed by atoms with Crippen LogP contribution in [0, 0.1) is 0 Å². The SMILES string of the molecule is CC1=CSC(N)N1c1ncc(SC(C)c2ccccn2)cc1Oc1ccccc1. The Balaban J connectivity index is 1.66. The van der Waals surface area contributed by atoms with Crippen molar-refractivity contribution in [1.29, 1.82) is 0 Å². The van der Waals surface area contributed by atoms with E-state index in [4.69, 9.17) is 15.5 Å². The number of benzene rings is 1. The number of para-hydroxylation sites is 1. The molecule has 1 aliphatic rings. The van der Waals surface area contributed by atoms with Crippen LogP contribution in [0.25, 0.3) is 0 Å². The second-order valence-electron chi connectivity index (χ2n) is 6.58. The molecule has 0 saturated heterocycles. The van der Waals surface area contributed by atoms with Crippen molar-refractivity contribution in [3.05, 3.63) is 83.8 Å². The fraction of sp³-hybridized carbons (Fsp3) is 0.182.